The first-order chi connectivity index (χ1) is 10.6. The summed E-state index contributed by atoms with van der Waals surface area (Å²) in [6.45, 7) is 0. The molecule has 7 heteroatoms. The zero-order valence-electron chi connectivity index (χ0n) is 11.3. The second kappa shape index (κ2) is 6.13. The minimum Gasteiger partial charge on any atom is -0.508 e. The van der Waals surface area contributed by atoms with Gasteiger partial charge in [-0.05, 0) is 54.2 Å². The van der Waals surface area contributed by atoms with Gasteiger partial charge in [-0.25, -0.2) is 5.10 Å². The van der Waals surface area contributed by atoms with Crippen LogP contribution >= 0.6 is 23.8 Å². The molecular formula is C15H11ClN4OS. The van der Waals surface area contributed by atoms with Crippen LogP contribution < -0.4 is 0 Å². The fourth-order valence-corrected chi connectivity index (χ4v) is 2.22. The molecule has 0 radical (unpaired) electrons. The van der Waals surface area contributed by atoms with Crippen molar-refractivity contribution >= 4 is 30.0 Å². The van der Waals surface area contributed by atoms with Gasteiger partial charge in [0.1, 0.15) is 5.75 Å². The lowest BCUT2D eigenvalue weighted by Gasteiger charge is -2.01. The van der Waals surface area contributed by atoms with Gasteiger partial charge in [0.2, 0.25) is 4.77 Å². The third-order valence-corrected chi connectivity index (χ3v) is 3.46. The summed E-state index contributed by atoms with van der Waals surface area (Å²) in [5.74, 6) is 0.760. The third-order valence-electron chi connectivity index (χ3n) is 2.95. The summed E-state index contributed by atoms with van der Waals surface area (Å²) in [6, 6.07) is 14.0. The van der Waals surface area contributed by atoms with Crippen molar-refractivity contribution in [3.05, 3.63) is 63.9 Å². The first kappa shape index (κ1) is 14.5. The summed E-state index contributed by atoms with van der Waals surface area (Å²) < 4.78 is 1.89. The van der Waals surface area contributed by atoms with E-state index >= 15 is 0 Å². The van der Waals surface area contributed by atoms with Crippen molar-refractivity contribution in [2.75, 3.05) is 0 Å². The smallest absolute Gasteiger partial charge is 0.216 e. The average Bonchev–Trinajstić information content (AvgIpc) is 2.87. The van der Waals surface area contributed by atoms with Crippen LogP contribution in [0.4, 0.5) is 0 Å². The van der Waals surface area contributed by atoms with Gasteiger partial charge in [0, 0.05) is 10.6 Å². The Morgan fingerprint density at radius 2 is 2.00 bits per heavy atom. The summed E-state index contributed by atoms with van der Waals surface area (Å²) >= 11 is 11.1. The number of nitrogens with zero attached hydrogens (tertiary/aromatic N) is 3. The van der Waals surface area contributed by atoms with E-state index in [1.807, 2.05) is 18.2 Å². The molecule has 3 aromatic rings. The van der Waals surface area contributed by atoms with E-state index < -0.39 is 0 Å². The van der Waals surface area contributed by atoms with E-state index in [9.17, 15) is 5.11 Å². The largest absolute Gasteiger partial charge is 0.508 e. The summed E-state index contributed by atoms with van der Waals surface area (Å²) in [7, 11) is 0. The number of phenols is 1. The van der Waals surface area contributed by atoms with Crippen molar-refractivity contribution in [3.63, 3.8) is 0 Å². The number of aromatic amines is 1. The Morgan fingerprint density at radius 1 is 1.23 bits per heavy atom. The SMILES string of the molecule is Oc1cccc(/C=N/n2c(-c3ccc(Cl)cc3)n[nH]c2=S)c1. The number of hydrogen-bond acceptors (Lipinski definition) is 4. The maximum Gasteiger partial charge on any atom is 0.216 e. The zero-order chi connectivity index (χ0) is 15.5. The summed E-state index contributed by atoms with van der Waals surface area (Å²) in [5, 5.41) is 21.3. The molecule has 110 valence electrons. The molecule has 22 heavy (non-hydrogen) atoms. The number of hydrogen-bond donors (Lipinski definition) is 2. The average molecular weight is 331 g/mol. The minimum atomic E-state index is 0.178. The summed E-state index contributed by atoms with van der Waals surface area (Å²) in [4.78, 5) is 0. The molecule has 0 bridgehead atoms. The molecule has 0 unspecified atom stereocenters. The molecule has 5 nitrogen and oxygen atoms in total. The lowest BCUT2D eigenvalue weighted by molar-refractivity contribution is 0.475. The van der Waals surface area contributed by atoms with Crippen molar-refractivity contribution in [2.24, 2.45) is 5.10 Å². The monoisotopic (exact) mass is 330 g/mol. The number of rotatable bonds is 3. The zero-order valence-corrected chi connectivity index (χ0v) is 12.8. The van der Waals surface area contributed by atoms with Gasteiger partial charge in [-0.2, -0.15) is 14.9 Å². The third kappa shape index (κ3) is 3.08. The molecule has 1 aromatic heterocycles. The number of benzene rings is 2. The number of aromatic nitrogens is 3. The van der Waals surface area contributed by atoms with E-state index in [4.69, 9.17) is 23.8 Å². The van der Waals surface area contributed by atoms with Crippen LogP contribution in [0.3, 0.4) is 0 Å². The van der Waals surface area contributed by atoms with Crippen LogP contribution in [0, 0.1) is 4.77 Å². The van der Waals surface area contributed by atoms with Crippen molar-refractivity contribution < 1.29 is 5.11 Å². The molecule has 0 spiro atoms. The predicted molar refractivity (Wildman–Crippen MR) is 89.0 cm³/mol. The number of H-pyrrole nitrogens is 1. The van der Waals surface area contributed by atoms with Gasteiger partial charge < -0.3 is 5.11 Å². The predicted octanol–water partition coefficient (Wildman–Crippen LogP) is 3.85. The molecule has 0 amide bonds. The topological polar surface area (TPSA) is 66.2 Å². The van der Waals surface area contributed by atoms with Crippen LogP contribution in [0.2, 0.25) is 5.02 Å². The highest BCUT2D eigenvalue weighted by molar-refractivity contribution is 7.71. The van der Waals surface area contributed by atoms with Crippen molar-refractivity contribution in [1.82, 2.24) is 14.9 Å². The number of halogens is 1. The molecule has 0 fully saturated rings. The lowest BCUT2D eigenvalue weighted by Crippen LogP contribution is -1.95. The summed E-state index contributed by atoms with van der Waals surface area (Å²) in [5.41, 5.74) is 1.59. The Balaban J connectivity index is 1.99. The van der Waals surface area contributed by atoms with Crippen LogP contribution in [0.25, 0.3) is 11.4 Å². The van der Waals surface area contributed by atoms with E-state index in [1.54, 1.807) is 36.5 Å². The van der Waals surface area contributed by atoms with E-state index in [1.165, 1.54) is 4.68 Å². The Hall–Kier alpha value is -2.44. The maximum absolute atomic E-state index is 9.46. The molecule has 0 atom stereocenters. The fraction of sp³-hybridized carbons (Fsp3) is 0. The molecular weight excluding hydrogens is 320 g/mol. The number of aromatic hydroxyl groups is 1. The Kier molecular flexibility index (Phi) is 4.04. The normalized spacial score (nSPS) is 11.1. The quantitative estimate of drug-likeness (QED) is 0.566. The van der Waals surface area contributed by atoms with Crippen molar-refractivity contribution in [1.29, 1.82) is 0 Å². The van der Waals surface area contributed by atoms with Gasteiger partial charge in [-0.15, -0.1) is 0 Å². The van der Waals surface area contributed by atoms with Crippen molar-refractivity contribution in [2.45, 2.75) is 0 Å². The van der Waals surface area contributed by atoms with Crippen LogP contribution in [-0.2, 0) is 0 Å². The number of nitrogens with one attached hydrogen (secondary N) is 1. The minimum absolute atomic E-state index is 0.178. The van der Waals surface area contributed by atoms with E-state index in [-0.39, 0.29) is 5.75 Å². The molecule has 3 rings (SSSR count). The first-order valence-electron chi connectivity index (χ1n) is 6.40. The maximum atomic E-state index is 9.46. The van der Waals surface area contributed by atoms with Gasteiger partial charge in [0.15, 0.2) is 5.82 Å². The standard InChI is InChI=1S/C15H11ClN4OS/c16-12-6-4-11(5-7-12)14-18-19-15(22)20(14)17-9-10-2-1-3-13(21)8-10/h1-9,21H,(H,19,22)/b17-9+. The highest BCUT2D eigenvalue weighted by Crippen LogP contribution is 2.20. The molecule has 0 aliphatic rings. The highest BCUT2D eigenvalue weighted by atomic mass is 35.5. The molecule has 0 aliphatic heterocycles. The van der Waals surface area contributed by atoms with E-state index in [2.05, 4.69) is 15.3 Å². The Morgan fingerprint density at radius 3 is 2.73 bits per heavy atom. The van der Waals surface area contributed by atoms with Crippen LogP contribution in [0.5, 0.6) is 5.75 Å². The Labute approximate surface area is 136 Å². The fourth-order valence-electron chi connectivity index (χ4n) is 1.91. The second-order valence-corrected chi connectivity index (χ2v) is 5.33. The van der Waals surface area contributed by atoms with Gasteiger partial charge in [0.25, 0.3) is 0 Å². The molecule has 0 saturated carbocycles. The van der Waals surface area contributed by atoms with Crippen LogP contribution in [0.15, 0.2) is 53.6 Å². The molecule has 1 heterocycles. The van der Waals surface area contributed by atoms with Gasteiger partial charge in [0.05, 0.1) is 6.21 Å². The van der Waals surface area contributed by atoms with Crippen LogP contribution in [-0.4, -0.2) is 26.2 Å². The van der Waals surface area contributed by atoms with E-state index in [0.717, 1.165) is 11.1 Å². The van der Waals surface area contributed by atoms with Crippen molar-refractivity contribution in [3.8, 4) is 17.1 Å². The highest BCUT2D eigenvalue weighted by Gasteiger charge is 2.07. The van der Waals surface area contributed by atoms with E-state index in [0.29, 0.717) is 15.6 Å². The van der Waals surface area contributed by atoms with Crippen LogP contribution in [0.1, 0.15) is 5.56 Å². The molecule has 2 aromatic carbocycles. The Bertz CT molecular complexity index is 883. The molecule has 2 N–H and O–H groups in total. The lowest BCUT2D eigenvalue weighted by atomic mass is 10.2. The molecule has 0 saturated heterocycles. The van der Waals surface area contributed by atoms with Gasteiger partial charge in [-0.1, -0.05) is 23.7 Å². The van der Waals surface area contributed by atoms with Gasteiger partial charge in [-0.3, -0.25) is 0 Å². The number of phenolic OH excluding ortho intramolecular Hbond substituents is 1. The first-order valence-corrected chi connectivity index (χ1v) is 7.19. The molecule has 0 aliphatic carbocycles. The second-order valence-electron chi connectivity index (χ2n) is 4.51. The van der Waals surface area contributed by atoms with Gasteiger partial charge >= 0.3 is 0 Å². The summed E-state index contributed by atoms with van der Waals surface area (Å²) in [6.07, 6.45) is 1.60.